The molecule has 3 aliphatic heterocycles. The Balaban J connectivity index is 1.54. The van der Waals surface area contributed by atoms with E-state index in [-0.39, 0.29) is 42.1 Å². The zero-order valence-corrected chi connectivity index (χ0v) is 28.9. The molecule has 3 heterocycles. The van der Waals surface area contributed by atoms with E-state index in [1.165, 1.54) is 12.1 Å². The molecule has 0 unspecified atom stereocenters. The van der Waals surface area contributed by atoms with Gasteiger partial charge in [-0.1, -0.05) is 26.0 Å². The molecule has 0 aliphatic carbocycles. The van der Waals surface area contributed by atoms with Crippen molar-refractivity contribution in [1.82, 2.24) is 14.7 Å². The molecule has 11 heteroatoms. The summed E-state index contributed by atoms with van der Waals surface area (Å²) in [6.45, 7) is 11.5. The molecule has 0 saturated carbocycles. The molecular formula is C36H53FN4O6. The maximum Gasteiger partial charge on any atom is 0.410 e. The van der Waals surface area contributed by atoms with Crippen LogP contribution in [0.25, 0.3) is 6.08 Å². The summed E-state index contributed by atoms with van der Waals surface area (Å²) in [6, 6.07) is 5.06. The van der Waals surface area contributed by atoms with Gasteiger partial charge in [-0.15, -0.1) is 0 Å². The lowest BCUT2D eigenvalue weighted by molar-refractivity contribution is -0.151. The minimum atomic E-state index is -0.883. The largest absolute Gasteiger partial charge is 0.457 e. The molecule has 3 aliphatic rings. The number of esters is 1. The van der Waals surface area contributed by atoms with Crippen LogP contribution >= 0.6 is 0 Å². The van der Waals surface area contributed by atoms with Crippen molar-refractivity contribution >= 4 is 29.7 Å². The number of likely N-dealkylation sites (N-methyl/N-ethyl adjacent to an activating group) is 1. The third kappa shape index (κ3) is 10.3. The van der Waals surface area contributed by atoms with Gasteiger partial charge in [-0.05, 0) is 81.0 Å². The Hall–Kier alpha value is -3.44. The molecule has 1 N–H and O–H groups in total. The van der Waals surface area contributed by atoms with E-state index in [0.717, 1.165) is 37.2 Å². The summed E-state index contributed by atoms with van der Waals surface area (Å²) in [4.78, 5) is 45.6. The van der Waals surface area contributed by atoms with Crippen LogP contribution in [0.4, 0.5) is 14.9 Å². The molecule has 2 saturated heterocycles. The molecule has 0 radical (unpaired) electrons. The SMILES string of the molecule is CC(=O)N1CCC(N(C)c2cc(F)cc(/C=C(\C)[C@H]3OC(=O)C[C@H](O)CC[C@H](C)[C@H](OC(=O)N4CCN(C)CC4)/C=C/[C@@H]3C)c2)CC1. The molecule has 260 valence electrons. The molecule has 1 aromatic rings. The molecule has 5 atom stereocenters. The predicted molar refractivity (Wildman–Crippen MR) is 180 cm³/mol. The van der Waals surface area contributed by atoms with E-state index in [0.29, 0.717) is 44.6 Å². The van der Waals surface area contributed by atoms with Crippen LogP contribution in [0.2, 0.25) is 0 Å². The molecule has 10 nitrogen and oxygen atoms in total. The summed E-state index contributed by atoms with van der Waals surface area (Å²) in [7, 11) is 3.98. The fourth-order valence-corrected chi connectivity index (χ4v) is 6.64. The highest BCUT2D eigenvalue weighted by molar-refractivity contribution is 5.73. The molecule has 1 aromatic carbocycles. The van der Waals surface area contributed by atoms with Crippen LogP contribution in [0.5, 0.6) is 0 Å². The average molecular weight is 657 g/mol. The van der Waals surface area contributed by atoms with Crippen molar-refractivity contribution in [2.45, 2.75) is 84.2 Å². The first-order valence-corrected chi connectivity index (χ1v) is 17.0. The lowest BCUT2D eigenvalue weighted by Gasteiger charge is -2.37. The number of nitrogens with zero attached hydrogens (tertiary/aromatic N) is 4. The van der Waals surface area contributed by atoms with E-state index >= 15 is 0 Å². The molecule has 0 bridgehead atoms. The fourth-order valence-electron chi connectivity index (χ4n) is 6.64. The second-order valence-electron chi connectivity index (χ2n) is 13.7. The van der Waals surface area contributed by atoms with E-state index in [2.05, 4.69) is 9.80 Å². The summed E-state index contributed by atoms with van der Waals surface area (Å²) in [5.41, 5.74) is 2.09. The Kier molecular flexibility index (Phi) is 12.8. The van der Waals surface area contributed by atoms with Crippen LogP contribution in [-0.4, -0.2) is 115 Å². The van der Waals surface area contributed by atoms with Crippen molar-refractivity contribution < 1.29 is 33.4 Å². The number of aliphatic hydroxyl groups excluding tert-OH is 1. The number of halogens is 1. The molecule has 2 amide bonds. The van der Waals surface area contributed by atoms with Gasteiger partial charge in [0.05, 0.1) is 12.5 Å². The van der Waals surface area contributed by atoms with Gasteiger partial charge in [0.1, 0.15) is 18.0 Å². The van der Waals surface area contributed by atoms with Crippen LogP contribution in [0, 0.1) is 17.7 Å². The number of carbonyl (C=O) groups is 3. The van der Waals surface area contributed by atoms with Crippen molar-refractivity contribution in [2.75, 3.05) is 58.3 Å². The third-order valence-electron chi connectivity index (χ3n) is 9.87. The summed E-state index contributed by atoms with van der Waals surface area (Å²) in [5, 5.41) is 10.6. The van der Waals surface area contributed by atoms with E-state index in [1.54, 1.807) is 11.8 Å². The Labute approximate surface area is 279 Å². The smallest absolute Gasteiger partial charge is 0.410 e. The number of hydrogen-bond donors (Lipinski definition) is 1. The number of piperidine rings is 1. The number of benzene rings is 1. The van der Waals surface area contributed by atoms with Gasteiger partial charge >= 0.3 is 12.1 Å². The predicted octanol–water partition coefficient (Wildman–Crippen LogP) is 4.71. The Morgan fingerprint density at radius 2 is 1.66 bits per heavy atom. The van der Waals surface area contributed by atoms with Gasteiger partial charge in [0.25, 0.3) is 0 Å². The van der Waals surface area contributed by atoms with Gasteiger partial charge in [-0.25, -0.2) is 9.18 Å². The van der Waals surface area contributed by atoms with Crippen LogP contribution in [0.1, 0.15) is 65.4 Å². The van der Waals surface area contributed by atoms with E-state index < -0.39 is 24.3 Å². The number of amides is 2. The first kappa shape index (κ1) is 36.4. The minimum Gasteiger partial charge on any atom is -0.457 e. The van der Waals surface area contributed by atoms with Gasteiger partial charge in [0, 0.05) is 70.9 Å². The normalized spacial score (nSPS) is 28.1. The Morgan fingerprint density at radius 1 is 0.979 bits per heavy atom. The summed E-state index contributed by atoms with van der Waals surface area (Å²) >= 11 is 0. The third-order valence-corrected chi connectivity index (χ3v) is 9.87. The van der Waals surface area contributed by atoms with Gasteiger partial charge in [0.2, 0.25) is 5.91 Å². The number of hydrogen-bond acceptors (Lipinski definition) is 8. The first-order chi connectivity index (χ1) is 22.3. The molecule has 4 rings (SSSR count). The van der Waals surface area contributed by atoms with Crippen LogP contribution in [0.15, 0.2) is 35.9 Å². The van der Waals surface area contributed by atoms with Gasteiger partial charge in [-0.2, -0.15) is 0 Å². The number of aliphatic hydroxyl groups is 1. The number of piperazine rings is 1. The van der Waals surface area contributed by atoms with Crippen LogP contribution in [0.3, 0.4) is 0 Å². The number of likely N-dealkylation sites (tertiary alicyclic amines) is 1. The highest BCUT2D eigenvalue weighted by Crippen LogP contribution is 2.29. The number of ether oxygens (including phenoxy) is 2. The molecule has 0 spiro atoms. The molecule has 47 heavy (non-hydrogen) atoms. The molecular weight excluding hydrogens is 603 g/mol. The van der Waals surface area contributed by atoms with Crippen LogP contribution in [-0.2, 0) is 19.1 Å². The number of rotatable bonds is 5. The number of anilines is 1. The quantitative estimate of drug-likeness (QED) is 0.359. The maximum atomic E-state index is 15.0. The fraction of sp³-hybridized carbons (Fsp3) is 0.639. The van der Waals surface area contributed by atoms with Gasteiger partial charge < -0.3 is 34.2 Å². The Bertz CT molecular complexity index is 1300. The zero-order valence-electron chi connectivity index (χ0n) is 28.9. The molecule has 2 fully saturated rings. The highest BCUT2D eigenvalue weighted by atomic mass is 19.1. The van der Waals surface area contributed by atoms with Crippen LogP contribution < -0.4 is 4.90 Å². The highest BCUT2D eigenvalue weighted by Gasteiger charge is 2.29. The Morgan fingerprint density at radius 3 is 2.32 bits per heavy atom. The summed E-state index contributed by atoms with van der Waals surface area (Å²) < 4.78 is 26.9. The topological polar surface area (TPSA) is 103 Å². The zero-order chi connectivity index (χ0) is 34.2. The van der Waals surface area contributed by atoms with Gasteiger partial charge in [0.15, 0.2) is 0 Å². The van der Waals surface area contributed by atoms with Gasteiger partial charge in [-0.3, -0.25) is 9.59 Å². The number of carbonyl (C=O) groups excluding carboxylic acids is 3. The lowest BCUT2D eigenvalue weighted by atomic mass is 9.91. The van der Waals surface area contributed by atoms with Crippen molar-refractivity contribution in [3.05, 3.63) is 47.3 Å². The second kappa shape index (κ2) is 16.6. The van der Waals surface area contributed by atoms with Crippen molar-refractivity contribution in [2.24, 2.45) is 11.8 Å². The van der Waals surface area contributed by atoms with E-state index in [1.807, 2.05) is 64.1 Å². The van der Waals surface area contributed by atoms with Crippen molar-refractivity contribution in [3.8, 4) is 0 Å². The standard InChI is InChI=1S/C36H53FN4O6/c1-24-7-9-32(43)23-34(44)47-35(25(2)8-10-33(24)46-36(45)41-17-15-38(5)16-18-41)26(3)19-28-20-29(37)22-31(21-28)39(6)30-11-13-40(14-12-30)27(4)42/h8,10,19-22,24-25,30,32-33,35,43H,7,9,11-18,23H2,1-6H3/b10-8+,26-19+/t24-,25-,32+,33+,35-/m0/s1. The van der Waals surface area contributed by atoms with Crippen molar-refractivity contribution in [3.63, 3.8) is 0 Å². The monoisotopic (exact) mass is 656 g/mol. The number of cyclic esters (lactones) is 1. The van der Waals surface area contributed by atoms with Crippen molar-refractivity contribution in [1.29, 1.82) is 0 Å². The molecule has 0 aromatic heterocycles. The minimum absolute atomic E-state index is 0.0717. The summed E-state index contributed by atoms with van der Waals surface area (Å²) in [6.07, 6.45) is 5.59. The maximum absolute atomic E-state index is 15.0. The lowest BCUT2D eigenvalue weighted by Crippen LogP contribution is -2.48. The second-order valence-corrected chi connectivity index (χ2v) is 13.7. The average Bonchev–Trinajstić information content (AvgIpc) is 3.03. The first-order valence-electron chi connectivity index (χ1n) is 17.0. The van der Waals surface area contributed by atoms with E-state index in [4.69, 9.17) is 9.47 Å². The van der Waals surface area contributed by atoms with E-state index in [9.17, 15) is 23.9 Å². The summed E-state index contributed by atoms with van der Waals surface area (Å²) in [5.74, 6) is -1.18.